The molecule has 0 saturated carbocycles. The van der Waals surface area contributed by atoms with Gasteiger partial charge in [-0.1, -0.05) is 0 Å². The molecule has 0 saturated heterocycles. The Balaban J connectivity index is 3.19. The second kappa shape index (κ2) is 6.44. The van der Waals surface area contributed by atoms with E-state index >= 15 is 0 Å². The van der Waals surface area contributed by atoms with Crippen molar-refractivity contribution in [3.63, 3.8) is 0 Å². The normalized spacial score (nSPS) is 10.8. The SMILES string of the molecule is COc1ccc(C=C(NC(C)=O)C(=O)O)c(OC)c1. The Morgan fingerprint density at radius 1 is 1.26 bits per heavy atom. The van der Waals surface area contributed by atoms with Crippen molar-refractivity contribution in [2.75, 3.05) is 14.2 Å². The summed E-state index contributed by atoms with van der Waals surface area (Å²) in [6.07, 6.45) is 1.32. The zero-order chi connectivity index (χ0) is 14.4. The summed E-state index contributed by atoms with van der Waals surface area (Å²) >= 11 is 0. The van der Waals surface area contributed by atoms with Gasteiger partial charge in [-0.25, -0.2) is 4.79 Å². The van der Waals surface area contributed by atoms with Crippen molar-refractivity contribution >= 4 is 18.0 Å². The number of hydrogen-bond donors (Lipinski definition) is 2. The maximum atomic E-state index is 11.0. The predicted octanol–water partition coefficient (Wildman–Crippen LogP) is 1.27. The van der Waals surface area contributed by atoms with E-state index in [2.05, 4.69) is 5.32 Å². The van der Waals surface area contributed by atoms with Crippen molar-refractivity contribution in [3.8, 4) is 11.5 Å². The molecule has 0 fully saturated rings. The van der Waals surface area contributed by atoms with E-state index in [1.165, 1.54) is 27.2 Å². The van der Waals surface area contributed by atoms with Crippen molar-refractivity contribution < 1.29 is 24.2 Å². The van der Waals surface area contributed by atoms with Gasteiger partial charge in [-0.2, -0.15) is 0 Å². The molecule has 0 aliphatic heterocycles. The lowest BCUT2D eigenvalue weighted by atomic mass is 10.1. The van der Waals surface area contributed by atoms with E-state index in [4.69, 9.17) is 14.6 Å². The van der Waals surface area contributed by atoms with Gasteiger partial charge in [-0.05, 0) is 18.2 Å². The highest BCUT2D eigenvalue weighted by atomic mass is 16.5. The average molecular weight is 265 g/mol. The summed E-state index contributed by atoms with van der Waals surface area (Å²) < 4.78 is 10.2. The highest BCUT2D eigenvalue weighted by Gasteiger charge is 2.11. The van der Waals surface area contributed by atoms with Gasteiger partial charge in [0.2, 0.25) is 5.91 Å². The van der Waals surface area contributed by atoms with Crippen molar-refractivity contribution in [1.82, 2.24) is 5.32 Å². The molecule has 6 heteroatoms. The predicted molar refractivity (Wildman–Crippen MR) is 69.0 cm³/mol. The van der Waals surface area contributed by atoms with Crippen LogP contribution in [-0.4, -0.2) is 31.2 Å². The minimum atomic E-state index is -1.23. The molecule has 19 heavy (non-hydrogen) atoms. The summed E-state index contributed by atoms with van der Waals surface area (Å²) in [7, 11) is 2.98. The number of nitrogens with one attached hydrogen (secondary N) is 1. The van der Waals surface area contributed by atoms with Crippen LogP contribution in [0, 0.1) is 0 Å². The molecule has 0 radical (unpaired) electrons. The van der Waals surface area contributed by atoms with E-state index < -0.39 is 11.9 Å². The second-order valence-electron chi connectivity index (χ2n) is 3.65. The summed E-state index contributed by atoms with van der Waals surface area (Å²) in [6, 6.07) is 4.93. The molecule has 1 rings (SSSR count). The molecule has 2 N–H and O–H groups in total. The summed E-state index contributed by atoms with van der Waals surface area (Å²) in [6.45, 7) is 1.24. The molecule has 1 aromatic rings. The highest BCUT2D eigenvalue weighted by Crippen LogP contribution is 2.26. The molecule has 1 aromatic carbocycles. The standard InChI is InChI=1S/C13H15NO5/c1-8(15)14-11(13(16)17)6-9-4-5-10(18-2)7-12(9)19-3/h4-7H,1-3H3,(H,14,15)(H,16,17). The second-order valence-corrected chi connectivity index (χ2v) is 3.65. The van der Waals surface area contributed by atoms with Crippen LogP contribution in [0.15, 0.2) is 23.9 Å². The third kappa shape index (κ3) is 4.02. The maximum absolute atomic E-state index is 11.0. The zero-order valence-corrected chi connectivity index (χ0v) is 10.9. The fraction of sp³-hybridized carbons (Fsp3) is 0.231. The lowest BCUT2D eigenvalue weighted by Crippen LogP contribution is -2.24. The first-order valence-corrected chi connectivity index (χ1v) is 5.42. The maximum Gasteiger partial charge on any atom is 0.352 e. The lowest BCUT2D eigenvalue weighted by molar-refractivity contribution is -0.134. The Hall–Kier alpha value is -2.50. The molecular weight excluding hydrogens is 250 g/mol. The third-order valence-electron chi connectivity index (χ3n) is 2.28. The van der Waals surface area contributed by atoms with Gasteiger partial charge in [0, 0.05) is 18.6 Å². The molecule has 0 aliphatic rings. The molecule has 6 nitrogen and oxygen atoms in total. The van der Waals surface area contributed by atoms with Gasteiger partial charge < -0.3 is 19.9 Å². The Bertz CT molecular complexity index is 522. The van der Waals surface area contributed by atoms with Gasteiger partial charge >= 0.3 is 5.97 Å². The lowest BCUT2D eigenvalue weighted by Gasteiger charge is -2.09. The van der Waals surface area contributed by atoms with Crippen molar-refractivity contribution in [2.45, 2.75) is 6.92 Å². The first kappa shape index (κ1) is 14.6. The number of ether oxygens (including phenoxy) is 2. The quantitative estimate of drug-likeness (QED) is 0.783. The molecule has 0 heterocycles. The minimum Gasteiger partial charge on any atom is -0.497 e. The Morgan fingerprint density at radius 3 is 2.42 bits per heavy atom. The summed E-state index contributed by atoms with van der Waals surface area (Å²) in [5, 5.41) is 11.2. The topological polar surface area (TPSA) is 84.9 Å². The van der Waals surface area contributed by atoms with E-state index in [0.29, 0.717) is 17.1 Å². The highest BCUT2D eigenvalue weighted by molar-refractivity contribution is 5.96. The zero-order valence-electron chi connectivity index (χ0n) is 10.9. The first-order valence-electron chi connectivity index (χ1n) is 5.42. The van der Waals surface area contributed by atoms with E-state index in [1.807, 2.05) is 0 Å². The largest absolute Gasteiger partial charge is 0.497 e. The monoisotopic (exact) mass is 265 g/mol. The Kier molecular flexibility index (Phi) is 4.93. The van der Waals surface area contributed by atoms with E-state index in [0.717, 1.165) is 0 Å². The number of methoxy groups -OCH3 is 2. The smallest absolute Gasteiger partial charge is 0.352 e. The van der Waals surface area contributed by atoms with Crippen LogP contribution < -0.4 is 14.8 Å². The van der Waals surface area contributed by atoms with E-state index in [9.17, 15) is 9.59 Å². The Morgan fingerprint density at radius 2 is 1.95 bits per heavy atom. The molecule has 0 atom stereocenters. The van der Waals surface area contributed by atoms with Crippen LogP contribution in [0.5, 0.6) is 11.5 Å². The van der Waals surface area contributed by atoms with Crippen molar-refractivity contribution in [3.05, 3.63) is 29.5 Å². The van der Waals surface area contributed by atoms with Gasteiger partial charge in [0.05, 0.1) is 14.2 Å². The average Bonchev–Trinajstić information content (AvgIpc) is 2.37. The van der Waals surface area contributed by atoms with Crippen LogP contribution in [0.4, 0.5) is 0 Å². The Labute approximate surface area is 110 Å². The summed E-state index contributed by atoms with van der Waals surface area (Å²) in [5.74, 6) is -0.650. The van der Waals surface area contributed by atoms with Crippen LogP contribution in [0.25, 0.3) is 6.08 Å². The van der Waals surface area contributed by atoms with Crippen LogP contribution in [0.3, 0.4) is 0 Å². The fourth-order valence-corrected chi connectivity index (χ4v) is 1.43. The van der Waals surface area contributed by atoms with Gasteiger partial charge in [0.25, 0.3) is 0 Å². The fourth-order valence-electron chi connectivity index (χ4n) is 1.43. The molecule has 102 valence electrons. The third-order valence-corrected chi connectivity index (χ3v) is 2.28. The number of carbonyl (C=O) groups is 2. The van der Waals surface area contributed by atoms with Gasteiger partial charge in [-0.3, -0.25) is 4.79 Å². The van der Waals surface area contributed by atoms with Crippen LogP contribution >= 0.6 is 0 Å². The summed E-state index contributed by atoms with van der Waals surface area (Å²) in [5.41, 5.74) is 0.297. The molecule has 0 aromatic heterocycles. The minimum absolute atomic E-state index is 0.226. The number of carboxylic acids is 1. The number of amides is 1. The molecule has 0 aliphatic carbocycles. The van der Waals surface area contributed by atoms with Crippen molar-refractivity contribution in [2.24, 2.45) is 0 Å². The first-order chi connectivity index (χ1) is 8.97. The number of aliphatic carboxylic acids is 1. The number of carbonyl (C=O) groups excluding carboxylic acids is 1. The number of hydrogen-bond acceptors (Lipinski definition) is 4. The van der Waals surface area contributed by atoms with E-state index in [-0.39, 0.29) is 5.70 Å². The summed E-state index contributed by atoms with van der Waals surface area (Å²) in [4.78, 5) is 22.0. The van der Waals surface area contributed by atoms with Crippen LogP contribution in [0.2, 0.25) is 0 Å². The van der Waals surface area contributed by atoms with Gasteiger partial charge in [-0.15, -0.1) is 0 Å². The molecule has 0 unspecified atom stereocenters. The van der Waals surface area contributed by atoms with Crippen LogP contribution in [0.1, 0.15) is 12.5 Å². The van der Waals surface area contributed by atoms with Gasteiger partial charge in [0.1, 0.15) is 17.2 Å². The number of carboxylic acid groups (broad SMARTS) is 1. The number of rotatable bonds is 5. The molecular formula is C13H15NO5. The molecule has 0 bridgehead atoms. The molecule has 1 amide bonds. The number of benzene rings is 1. The van der Waals surface area contributed by atoms with Gasteiger partial charge in [0.15, 0.2) is 0 Å². The molecule has 0 spiro atoms. The van der Waals surface area contributed by atoms with Crippen molar-refractivity contribution in [1.29, 1.82) is 0 Å². The van der Waals surface area contributed by atoms with Crippen LogP contribution in [-0.2, 0) is 9.59 Å². The van der Waals surface area contributed by atoms with E-state index in [1.54, 1.807) is 18.2 Å².